The molecule has 0 aliphatic rings. The second-order valence-electron chi connectivity index (χ2n) is 18.4. The average molecular weight is 958 g/mol. The molecule has 0 rings (SSSR count). The Labute approximate surface area is 425 Å². The molecule has 0 bridgehead atoms. The maximum absolute atomic E-state index is 12.9. The molecule has 0 fully saturated rings. The molecule has 0 saturated heterocycles. The van der Waals surface area contributed by atoms with Gasteiger partial charge < -0.3 is 14.2 Å². The number of rotatable bonds is 50. The van der Waals surface area contributed by atoms with E-state index in [-0.39, 0.29) is 31.1 Å². The Morgan fingerprint density at radius 2 is 0.565 bits per heavy atom. The van der Waals surface area contributed by atoms with E-state index >= 15 is 0 Å². The predicted molar refractivity (Wildman–Crippen MR) is 297 cm³/mol. The molecule has 0 heterocycles. The molecule has 0 radical (unpaired) electrons. The van der Waals surface area contributed by atoms with Gasteiger partial charge in [0, 0.05) is 19.3 Å². The van der Waals surface area contributed by atoms with Gasteiger partial charge in [-0.15, -0.1) is 0 Å². The first-order valence-electron chi connectivity index (χ1n) is 28.4. The van der Waals surface area contributed by atoms with Crippen LogP contribution in [0.5, 0.6) is 0 Å². The fourth-order valence-electron chi connectivity index (χ4n) is 7.54. The highest BCUT2D eigenvalue weighted by Gasteiger charge is 2.19. The van der Waals surface area contributed by atoms with E-state index in [9.17, 15) is 14.4 Å². The summed E-state index contributed by atoms with van der Waals surface area (Å²) >= 11 is 0. The summed E-state index contributed by atoms with van der Waals surface area (Å²) in [7, 11) is 0. The van der Waals surface area contributed by atoms with E-state index in [4.69, 9.17) is 14.2 Å². The molecule has 69 heavy (non-hydrogen) atoms. The molecule has 0 aliphatic heterocycles. The summed E-state index contributed by atoms with van der Waals surface area (Å²) in [4.78, 5) is 38.2. The van der Waals surface area contributed by atoms with Gasteiger partial charge in [-0.25, -0.2) is 0 Å². The summed E-state index contributed by atoms with van der Waals surface area (Å²) in [5, 5.41) is 0. The minimum absolute atomic E-state index is 0.101. The minimum Gasteiger partial charge on any atom is -0.462 e. The fraction of sp³-hybridized carbons (Fsp3) is 0.667. The molecule has 392 valence electrons. The lowest BCUT2D eigenvalue weighted by Crippen LogP contribution is -2.30. The van der Waals surface area contributed by atoms with Gasteiger partial charge in [0.15, 0.2) is 6.10 Å². The number of allylic oxidation sites excluding steroid dienone is 18. The maximum Gasteiger partial charge on any atom is 0.306 e. The van der Waals surface area contributed by atoms with E-state index in [0.29, 0.717) is 19.3 Å². The van der Waals surface area contributed by atoms with Crippen LogP contribution >= 0.6 is 0 Å². The molecule has 0 aromatic carbocycles. The number of esters is 3. The van der Waals surface area contributed by atoms with Crippen molar-refractivity contribution in [1.82, 2.24) is 0 Å². The minimum atomic E-state index is -0.804. The van der Waals surface area contributed by atoms with Gasteiger partial charge in [0.05, 0.1) is 0 Å². The SMILES string of the molecule is CC/C=C/C/C=C/C/C=C/C/C=C/C/C=C/CCCCCC(=O)OC[C@@H](COC(=O)CCCCCCC/C=C/C/C=C/C/C=C/CC)OC(=O)CCCCCCCCC/C=C/CCCCCCCC. The maximum atomic E-state index is 12.9. The number of unbranched alkanes of at least 4 members (excludes halogenated alkanes) is 21. The smallest absolute Gasteiger partial charge is 0.306 e. The first-order valence-corrected chi connectivity index (χ1v) is 28.4. The highest BCUT2D eigenvalue weighted by Crippen LogP contribution is 2.14. The lowest BCUT2D eigenvalue weighted by Gasteiger charge is -2.18. The third-order valence-corrected chi connectivity index (χ3v) is 11.7. The van der Waals surface area contributed by atoms with Gasteiger partial charge in [-0.1, -0.05) is 220 Å². The third kappa shape index (κ3) is 54.9. The zero-order chi connectivity index (χ0) is 50.0. The molecule has 1 atom stereocenters. The van der Waals surface area contributed by atoms with E-state index < -0.39 is 6.10 Å². The van der Waals surface area contributed by atoms with Crippen LogP contribution in [0.3, 0.4) is 0 Å². The summed E-state index contributed by atoms with van der Waals surface area (Å²) in [6.07, 6.45) is 76.4. The molecule has 0 spiro atoms. The zero-order valence-electron chi connectivity index (χ0n) is 44.8. The molecule has 0 N–H and O–H groups in total. The van der Waals surface area contributed by atoms with Crippen molar-refractivity contribution in [2.24, 2.45) is 0 Å². The summed E-state index contributed by atoms with van der Waals surface area (Å²) in [5.74, 6) is -0.953. The Kier molecular flexibility index (Phi) is 53.4. The molecule has 6 nitrogen and oxygen atoms in total. The Morgan fingerprint density at radius 1 is 0.304 bits per heavy atom. The van der Waals surface area contributed by atoms with Crippen molar-refractivity contribution in [2.45, 2.75) is 258 Å². The second kappa shape index (κ2) is 56.7. The number of ether oxygens (including phenoxy) is 3. The number of hydrogen-bond donors (Lipinski definition) is 0. The van der Waals surface area contributed by atoms with E-state index in [1.165, 1.54) is 77.0 Å². The topological polar surface area (TPSA) is 78.9 Å². The molecular formula is C63H104O6. The number of carbonyl (C=O) groups excluding carboxylic acids is 3. The van der Waals surface area contributed by atoms with Crippen molar-refractivity contribution in [2.75, 3.05) is 13.2 Å². The molecule has 0 aliphatic carbocycles. The van der Waals surface area contributed by atoms with Crippen LogP contribution in [0.4, 0.5) is 0 Å². The molecule has 0 aromatic heterocycles. The highest BCUT2D eigenvalue weighted by atomic mass is 16.6. The Bertz CT molecular complexity index is 1420. The van der Waals surface area contributed by atoms with Crippen LogP contribution in [-0.2, 0) is 28.6 Å². The lowest BCUT2D eigenvalue weighted by molar-refractivity contribution is -0.167. The largest absolute Gasteiger partial charge is 0.462 e. The Hall–Kier alpha value is -3.93. The lowest BCUT2D eigenvalue weighted by atomic mass is 10.1. The van der Waals surface area contributed by atoms with Crippen LogP contribution in [0.1, 0.15) is 252 Å². The van der Waals surface area contributed by atoms with Crippen LogP contribution in [-0.4, -0.2) is 37.2 Å². The molecule has 6 heteroatoms. The molecule has 0 unspecified atom stereocenters. The first kappa shape index (κ1) is 65.1. The monoisotopic (exact) mass is 957 g/mol. The van der Waals surface area contributed by atoms with Gasteiger partial charge in [-0.2, -0.15) is 0 Å². The average Bonchev–Trinajstić information content (AvgIpc) is 3.35. The van der Waals surface area contributed by atoms with Crippen LogP contribution in [0.15, 0.2) is 109 Å². The molecule has 0 amide bonds. The van der Waals surface area contributed by atoms with Crippen molar-refractivity contribution >= 4 is 17.9 Å². The van der Waals surface area contributed by atoms with Crippen molar-refractivity contribution in [3.05, 3.63) is 109 Å². The van der Waals surface area contributed by atoms with Crippen molar-refractivity contribution < 1.29 is 28.6 Å². The number of carbonyl (C=O) groups is 3. The van der Waals surface area contributed by atoms with Gasteiger partial charge in [0.2, 0.25) is 0 Å². The summed E-state index contributed by atoms with van der Waals surface area (Å²) in [6.45, 7) is 6.36. The molecule has 0 aromatic rings. The highest BCUT2D eigenvalue weighted by molar-refractivity contribution is 5.71. The fourth-order valence-corrected chi connectivity index (χ4v) is 7.54. The summed E-state index contributed by atoms with van der Waals surface area (Å²) in [5.41, 5.74) is 0. The Morgan fingerprint density at radius 3 is 0.913 bits per heavy atom. The number of hydrogen-bond acceptors (Lipinski definition) is 6. The van der Waals surface area contributed by atoms with Crippen molar-refractivity contribution in [3.63, 3.8) is 0 Å². The summed E-state index contributed by atoms with van der Waals surface area (Å²) in [6, 6.07) is 0. The van der Waals surface area contributed by atoms with Crippen LogP contribution in [0.25, 0.3) is 0 Å². The molecular weight excluding hydrogens is 853 g/mol. The van der Waals surface area contributed by atoms with Gasteiger partial charge >= 0.3 is 17.9 Å². The van der Waals surface area contributed by atoms with E-state index in [2.05, 4.69) is 130 Å². The van der Waals surface area contributed by atoms with Gasteiger partial charge in [-0.3, -0.25) is 14.4 Å². The predicted octanol–water partition coefficient (Wildman–Crippen LogP) is 19.1. The zero-order valence-corrected chi connectivity index (χ0v) is 44.8. The van der Waals surface area contributed by atoms with Crippen molar-refractivity contribution in [1.29, 1.82) is 0 Å². The van der Waals surface area contributed by atoms with Crippen LogP contribution < -0.4 is 0 Å². The second-order valence-corrected chi connectivity index (χ2v) is 18.4. The van der Waals surface area contributed by atoms with Gasteiger partial charge in [0.25, 0.3) is 0 Å². The van der Waals surface area contributed by atoms with E-state index in [1.807, 2.05) is 0 Å². The molecule has 0 saturated carbocycles. The third-order valence-electron chi connectivity index (χ3n) is 11.7. The van der Waals surface area contributed by atoms with Crippen molar-refractivity contribution in [3.8, 4) is 0 Å². The van der Waals surface area contributed by atoms with Gasteiger partial charge in [-0.05, 0) is 122 Å². The standard InChI is InChI=1S/C63H104O6/c1-4-7-10-13-16-19-22-25-28-30-31-33-35-38-41-44-47-50-53-56-62(65)68-59-60(58-67-61(64)55-52-49-46-43-40-37-34-27-24-21-18-15-12-9-6-3)69-63(66)57-54-51-48-45-42-39-36-32-29-26-23-20-17-14-11-8-5-2/h7,9-10,12,16,18-19,21,25-29,31,33-34,38,41,60H,4-6,8,11,13-15,17,20,22-24,30,32,35-37,39-40,42-59H2,1-3H3/b10-7+,12-9+,19-16+,21-18+,28-25+,29-26+,33-31+,34-27+,41-38+/t60-/m1/s1. The first-order chi connectivity index (χ1) is 34.0. The van der Waals surface area contributed by atoms with Crippen LogP contribution in [0, 0.1) is 0 Å². The van der Waals surface area contributed by atoms with E-state index in [1.54, 1.807) is 0 Å². The van der Waals surface area contributed by atoms with Crippen LogP contribution in [0.2, 0.25) is 0 Å². The van der Waals surface area contributed by atoms with Gasteiger partial charge in [0.1, 0.15) is 13.2 Å². The Balaban J connectivity index is 4.49. The normalized spacial score (nSPS) is 12.9. The van der Waals surface area contributed by atoms with E-state index in [0.717, 1.165) is 135 Å². The summed E-state index contributed by atoms with van der Waals surface area (Å²) < 4.78 is 16.8. The quantitative estimate of drug-likeness (QED) is 0.0262.